The number of rotatable bonds is 3. The normalized spacial score (nSPS) is 12.1. The standard InChI is InChI=1S/C8H9N2O/c1-7(6-11)10-8-3-2-4-9-5-8/h2-5,7,10H,1H3. The Morgan fingerprint density at radius 1 is 1.73 bits per heavy atom. The van der Waals surface area contributed by atoms with Crippen LogP contribution in [0.25, 0.3) is 0 Å². The van der Waals surface area contributed by atoms with E-state index >= 15 is 0 Å². The highest BCUT2D eigenvalue weighted by Crippen LogP contribution is 2.03. The highest BCUT2D eigenvalue weighted by Gasteiger charge is 1.98. The van der Waals surface area contributed by atoms with Crippen LogP contribution in [-0.2, 0) is 4.79 Å². The van der Waals surface area contributed by atoms with Gasteiger partial charge in [-0.3, -0.25) is 9.78 Å². The van der Waals surface area contributed by atoms with E-state index in [9.17, 15) is 4.79 Å². The minimum Gasteiger partial charge on any atom is -0.374 e. The van der Waals surface area contributed by atoms with Gasteiger partial charge in [-0.05, 0) is 19.1 Å². The SMILES string of the molecule is CC([C]=O)Nc1cccnc1. The molecule has 11 heavy (non-hydrogen) atoms. The Morgan fingerprint density at radius 2 is 2.55 bits per heavy atom. The Bertz CT molecular complexity index is 223. The molecule has 57 valence electrons. The first-order valence-corrected chi connectivity index (χ1v) is 3.37. The highest BCUT2D eigenvalue weighted by atomic mass is 16.1. The van der Waals surface area contributed by atoms with Crippen LogP contribution in [0.2, 0.25) is 0 Å². The molecule has 3 nitrogen and oxygen atoms in total. The van der Waals surface area contributed by atoms with Crippen LogP contribution >= 0.6 is 0 Å². The minimum atomic E-state index is -0.279. The van der Waals surface area contributed by atoms with Crippen molar-refractivity contribution in [2.75, 3.05) is 5.32 Å². The molecule has 0 amide bonds. The van der Waals surface area contributed by atoms with Crippen molar-refractivity contribution in [3.05, 3.63) is 24.5 Å². The zero-order chi connectivity index (χ0) is 8.10. The first kappa shape index (κ1) is 7.72. The lowest BCUT2D eigenvalue weighted by Crippen LogP contribution is -2.15. The number of hydrogen-bond acceptors (Lipinski definition) is 3. The van der Waals surface area contributed by atoms with E-state index in [0.29, 0.717) is 0 Å². The van der Waals surface area contributed by atoms with Gasteiger partial charge in [-0.15, -0.1) is 0 Å². The molecule has 1 aromatic rings. The molecule has 0 aliphatic heterocycles. The zero-order valence-corrected chi connectivity index (χ0v) is 6.24. The van der Waals surface area contributed by atoms with Gasteiger partial charge in [-0.25, -0.2) is 0 Å². The summed E-state index contributed by atoms with van der Waals surface area (Å²) in [6.07, 6.45) is 5.17. The maximum Gasteiger partial charge on any atom is 0.222 e. The average Bonchev–Trinajstić information content (AvgIpc) is 2.06. The molecule has 0 bridgehead atoms. The molecule has 0 aliphatic rings. The summed E-state index contributed by atoms with van der Waals surface area (Å²) in [7, 11) is 0. The largest absolute Gasteiger partial charge is 0.374 e. The van der Waals surface area contributed by atoms with Crippen molar-refractivity contribution in [3.63, 3.8) is 0 Å². The van der Waals surface area contributed by atoms with Crippen molar-refractivity contribution >= 4 is 12.0 Å². The van der Waals surface area contributed by atoms with E-state index in [1.165, 1.54) is 0 Å². The smallest absolute Gasteiger partial charge is 0.222 e. The van der Waals surface area contributed by atoms with Crippen molar-refractivity contribution in [1.29, 1.82) is 0 Å². The molecule has 1 heterocycles. The molecule has 1 atom stereocenters. The first-order valence-electron chi connectivity index (χ1n) is 3.37. The number of hydrogen-bond donors (Lipinski definition) is 1. The molecule has 1 rings (SSSR count). The van der Waals surface area contributed by atoms with Gasteiger partial charge in [0.1, 0.15) is 0 Å². The summed E-state index contributed by atoms with van der Waals surface area (Å²) < 4.78 is 0. The second-order valence-electron chi connectivity index (χ2n) is 2.23. The van der Waals surface area contributed by atoms with E-state index in [4.69, 9.17) is 0 Å². The van der Waals surface area contributed by atoms with Gasteiger partial charge in [0.05, 0.1) is 11.7 Å². The number of carbonyl (C=O) groups excluding carboxylic acids is 1. The summed E-state index contributed by atoms with van der Waals surface area (Å²) in [6.45, 7) is 1.74. The van der Waals surface area contributed by atoms with Gasteiger partial charge in [0.25, 0.3) is 0 Å². The number of aromatic nitrogens is 1. The van der Waals surface area contributed by atoms with E-state index < -0.39 is 0 Å². The molecule has 1 aromatic heterocycles. The molecule has 3 heteroatoms. The van der Waals surface area contributed by atoms with Crippen LogP contribution in [0.15, 0.2) is 24.5 Å². The summed E-state index contributed by atoms with van der Waals surface area (Å²) in [4.78, 5) is 14.0. The van der Waals surface area contributed by atoms with E-state index in [0.717, 1.165) is 5.69 Å². The predicted octanol–water partition coefficient (Wildman–Crippen LogP) is 0.992. The van der Waals surface area contributed by atoms with Gasteiger partial charge in [0.15, 0.2) is 0 Å². The van der Waals surface area contributed by atoms with E-state index in [-0.39, 0.29) is 6.04 Å². The second kappa shape index (κ2) is 3.71. The van der Waals surface area contributed by atoms with Gasteiger partial charge in [-0.2, -0.15) is 0 Å². The zero-order valence-electron chi connectivity index (χ0n) is 6.24. The van der Waals surface area contributed by atoms with Crippen LogP contribution < -0.4 is 5.32 Å². The van der Waals surface area contributed by atoms with Crippen LogP contribution in [-0.4, -0.2) is 17.3 Å². The summed E-state index contributed by atoms with van der Waals surface area (Å²) in [5.74, 6) is 0. The number of anilines is 1. The number of pyridine rings is 1. The molecule has 0 aromatic carbocycles. The van der Waals surface area contributed by atoms with Crippen molar-refractivity contribution in [3.8, 4) is 0 Å². The molecule has 0 aliphatic carbocycles. The fraction of sp³-hybridized carbons (Fsp3) is 0.250. The van der Waals surface area contributed by atoms with Crippen molar-refractivity contribution < 1.29 is 4.79 Å². The third kappa shape index (κ3) is 2.37. The Balaban J connectivity index is 2.57. The van der Waals surface area contributed by atoms with Gasteiger partial charge in [-0.1, -0.05) is 0 Å². The van der Waals surface area contributed by atoms with Crippen molar-refractivity contribution in [2.45, 2.75) is 13.0 Å². The van der Waals surface area contributed by atoms with Crippen LogP contribution in [0.3, 0.4) is 0 Å². The Morgan fingerprint density at radius 3 is 3.09 bits per heavy atom. The fourth-order valence-corrected chi connectivity index (χ4v) is 0.728. The third-order valence-corrected chi connectivity index (χ3v) is 1.22. The molecule has 1 radical (unpaired) electrons. The lowest BCUT2D eigenvalue weighted by molar-refractivity contribution is 0.549. The van der Waals surface area contributed by atoms with Gasteiger partial charge < -0.3 is 5.32 Å². The van der Waals surface area contributed by atoms with Gasteiger partial charge in [0, 0.05) is 12.4 Å². The van der Waals surface area contributed by atoms with Crippen LogP contribution in [0.1, 0.15) is 6.92 Å². The molecule has 0 saturated heterocycles. The predicted molar refractivity (Wildman–Crippen MR) is 43.0 cm³/mol. The van der Waals surface area contributed by atoms with Crippen molar-refractivity contribution in [1.82, 2.24) is 4.98 Å². The maximum atomic E-state index is 10.1. The quantitative estimate of drug-likeness (QED) is 0.696. The van der Waals surface area contributed by atoms with Crippen LogP contribution in [0.5, 0.6) is 0 Å². The molecular weight excluding hydrogens is 140 g/mol. The first-order chi connectivity index (χ1) is 5.33. The topological polar surface area (TPSA) is 42.0 Å². The fourth-order valence-electron chi connectivity index (χ4n) is 0.728. The lowest BCUT2D eigenvalue weighted by Gasteiger charge is -2.05. The van der Waals surface area contributed by atoms with Gasteiger partial charge >= 0.3 is 0 Å². The monoisotopic (exact) mass is 149 g/mol. The molecule has 0 saturated carbocycles. The van der Waals surface area contributed by atoms with Crippen molar-refractivity contribution in [2.24, 2.45) is 0 Å². The Labute approximate surface area is 65.5 Å². The minimum absolute atomic E-state index is 0.279. The van der Waals surface area contributed by atoms with E-state index in [2.05, 4.69) is 10.3 Å². The second-order valence-corrected chi connectivity index (χ2v) is 2.23. The number of nitrogens with one attached hydrogen (secondary N) is 1. The molecule has 0 fully saturated rings. The molecule has 1 N–H and O–H groups in total. The Kier molecular flexibility index (Phi) is 2.60. The summed E-state index contributed by atoms with van der Waals surface area (Å²) in [5.41, 5.74) is 0.836. The molecular formula is C8H9N2O. The average molecular weight is 149 g/mol. The van der Waals surface area contributed by atoms with E-state index in [1.807, 2.05) is 12.4 Å². The third-order valence-electron chi connectivity index (χ3n) is 1.22. The highest BCUT2D eigenvalue weighted by molar-refractivity contribution is 5.63. The Hall–Kier alpha value is -1.38. The number of nitrogens with zero attached hydrogens (tertiary/aromatic N) is 1. The van der Waals surface area contributed by atoms with Crippen LogP contribution in [0, 0.1) is 0 Å². The van der Waals surface area contributed by atoms with Gasteiger partial charge in [0.2, 0.25) is 6.29 Å². The molecule has 1 unspecified atom stereocenters. The molecule has 0 spiro atoms. The lowest BCUT2D eigenvalue weighted by atomic mass is 10.3. The van der Waals surface area contributed by atoms with E-state index in [1.54, 1.807) is 25.4 Å². The van der Waals surface area contributed by atoms with Crippen LogP contribution in [0.4, 0.5) is 5.69 Å². The maximum absolute atomic E-state index is 10.1. The summed E-state index contributed by atoms with van der Waals surface area (Å²) in [6, 6.07) is 3.37. The summed E-state index contributed by atoms with van der Waals surface area (Å²) in [5, 5.41) is 2.91. The summed E-state index contributed by atoms with van der Waals surface area (Å²) >= 11 is 0.